The molecule has 0 fully saturated rings. The number of H-pyrrole nitrogens is 1. The Morgan fingerprint density at radius 2 is 1.95 bits per heavy atom. The minimum Gasteiger partial charge on any atom is -0.493 e. The standard InChI is InChI=1S/C13H9BrN2O4S/c14-9-4-5-10-8(6-9)2-1-3-11(10)21(19,20)16-7-12(17)15-13(16)18/h1-7,17H,(H,15,18). The highest BCUT2D eigenvalue weighted by atomic mass is 79.9. The van der Waals surface area contributed by atoms with Gasteiger partial charge in [0.25, 0.3) is 10.0 Å². The lowest BCUT2D eigenvalue weighted by Crippen LogP contribution is -2.24. The predicted octanol–water partition coefficient (Wildman–Crippen LogP) is 2.03. The van der Waals surface area contributed by atoms with E-state index in [1.807, 2.05) is 4.98 Å². The second-order valence-electron chi connectivity index (χ2n) is 4.37. The smallest absolute Gasteiger partial charge is 0.342 e. The zero-order chi connectivity index (χ0) is 15.2. The van der Waals surface area contributed by atoms with Crippen LogP contribution in [0.5, 0.6) is 5.88 Å². The molecule has 2 N–H and O–H groups in total. The average molecular weight is 369 g/mol. The largest absolute Gasteiger partial charge is 0.493 e. The van der Waals surface area contributed by atoms with E-state index in [1.54, 1.807) is 30.3 Å². The van der Waals surface area contributed by atoms with Crippen LogP contribution in [0, 0.1) is 0 Å². The molecule has 6 nitrogen and oxygen atoms in total. The maximum Gasteiger partial charge on any atom is 0.342 e. The molecule has 0 aliphatic carbocycles. The molecule has 0 atom stereocenters. The summed E-state index contributed by atoms with van der Waals surface area (Å²) >= 11 is 3.32. The first-order chi connectivity index (χ1) is 9.89. The molecule has 3 aromatic rings. The third-order valence-electron chi connectivity index (χ3n) is 3.01. The SMILES string of the molecule is O=c1[nH]c(O)cn1S(=O)(=O)c1cccc2cc(Br)ccc12. The summed E-state index contributed by atoms with van der Waals surface area (Å²) in [5.74, 6) is -0.508. The van der Waals surface area contributed by atoms with Crippen molar-refractivity contribution in [3.8, 4) is 5.88 Å². The van der Waals surface area contributed by atoms with Crippen molar-refractivity contribution in [2.75, 3.05) is 0 Å². The van der Waals surface area contributed by atoms with Crippen LogP contribution < -0.4 is 5.69 Å². The van der Waals surface area contributed by atoms with Gasteiger partial charge in [-0.1, -0.05) is 34.1 Å². The number of benzene rings is 2. The van der Waals surface area contributed by atoms with Gasteiger partial charge >= 0.3 is 5.69 Å². The summed E-state index contributed by atoms with van der Waals surface area (Å²) < 4.78 is 26.5. The van der Waals surface area contributed by atoms with Crippen LogP contribution in [0.4, 0.5) is 0 Å². The van der Waals surface area contributed by atoms with Gasteiger partial charge in [-0.3, -0.25) is 4.98 Å². The number of imidazole rings is 1. The number of nitrogens with one attached hydrogen (secondary N) is 1. The van der Waals surface area contributed by atoms with E-state index in [-0.39, 0.29) is 4.90 Å². The van der Waals surface area contributed by atoms with E-state index in [4.69, 9.17) is 0 Å². The molecule has 108 valence electrons. The Hall–Kier alpha value is -2.06. The van der Waals surface area contributed by atoms with Gasteiger partial charge in [-0.15, -0.1) is 0 Å². The van der Waals surface area contributed by atoms with Gasteiger partial charge in [0.2, 0.25) is 5.88 Å². The summed E-state index contributed by atoms with van der Waals surface area (Å²) in [5.41, 5.74) is -0.915. The fourth-order valence-electron chi connectivity index (χ4n) is 2.10. The van der Waals surface area contributed by atoms with E-state index in [9.17, 15) is 18.3 Å². The van der Waals surface area contributed by atoms with Gasteiger partial charge in [0.05, 0.1) is 11.1 Å². The zero-order valence-electron chi connectivity index (χ0n) is 10.4. The highest BCUT2D eigenvalue weighted by Gasteiger charge is 2.22. The monoisotopic (exact) mass is 368 g/mol. The topological polar surface area (TPSA) is 92.2 Å². The summed E-state index contributed by atoms with van der Waals surface area (Å²) in [6.45, 7) is 0. The maximum absolute atomic E-state index is 12.6. The van der Waals surface area contributed by atoms with Crippen molar-refractivity contribution in [2.24, 2.45) is 0 Å². The molecule has 0 bridgehead atoms. The highest BCUT2D eigenvalue weighted by Crippen LogP contribution is 2.27. The van der Waals surface area contributed by atoms with Crippen molar-refractivity contribution in [2.45, 2.75) is 4.90 Å². The fourth-order valence-corrected chi connectivity index (χ4v) is 3.91. The first-order valence-electron chi connectivity index (χ1n) is 5.84. The van der Waals surface area contributed by atoms with Gasteiger partial charge in [-0.05, 0) is 23.6 Å². The third kappa shape index (κ3) is 2.26. The molecular formula is C13H9BrN2O4S. The number of fused-ring (bicyclic) bond motifs is 1. The molecule has 0 spiro atoms. The Morgan fingerprint density at radius 1 is 1.19 bits per heavy atom. The Morgan fingerprint density at radius 3 is 2.62 bits per heavy atom. The molecular weight excluding hydrogens is 360 g/mol. The molecule has 0 radical (unpaired) electrons. The maximum atomic E-state index is 12.6. The van der Waals surface area contributed by atoms with Crippen LogP contribution in [0.3, 0.4) is 0 Å². The van der Waals surface area contributed by atoms with Crippen molar-refractivity contribution in [1.82, 2.24) is 8.96 Å². The van der Waals surface area contributed by atoms with Crippen molar-refractivity contribution in [3.05, 3.63) is 57.6 Å². The Balaban J connectivity index is 2.34. The molecule has 8 heteroatoms. The summed E-state index contributed by atoms with van der Waals surface area (Å²) in [7, 11) is -4.09. The van der Waals surface area contributed by atoms with Crippen molar-refractivity contribution in [1.29, 1.82) is 0 Å². The molecule has 0 saturated carbocycles. The molecule has 21 heavy (non-hydrogen) atoms. The molecule has 0 aliphatic rings. The van der Waals surface area contributed by atoms with E-state index in [2.05, 4.69) is 15.9 Å². The number of halogens is 1. The summed E-state index contributed by atoms with van der Waals surface area (Å²) in [5, 5.41) is 10.5. The zero-order valence-corrected chi connectivity index (χ0v) is 12.8. The number of aromatic hydroxyl groups is 1. The predicted molar refractivity (Wildman–Crippen MR) is 80.9 cm³/mol. The van der Waals surface area contributed by atoms with Crippen LogP contribution >= 0.6 is 15.9 Å². The van der Waals surface area contributed by atoms with Gasteiger partial charge in [-0.25, -0.2) is 13.2 Å². The molecule has 1 heterocycles. The number of nitrogens with zero attached hydrogens (tertiary/aromatic N) is 1. The van der Waals surface area contributed by atoms with E-state index < -0.39 is 21.6 Å². The van der Waals surface area contributed by atoms with Crippen LogP contribution in [-0.2, 0) is 10.0 Å². The van der Waals surface area contributed by atoms with Gasteiger partial charge in [0.1, 0.15) is 0 Å². The summed E-state index contributed by atoms with van der Waals surface area (Å²) in [6.07, 6.45) is 0.843. The second-order valence-corrected chi connectivity index (χ2v) is 7.07. The normalized spacial score (nSPS) is 11.9. The number of hydrogen-bond acceptors (Lipinski definition) is 4. The van der Waals surface area contributed by atoms with Crippen LogP contribution in [0.2, 0.25) is 0 Å². The fraction of sp³-hybridized carbons (Fsp3) is 0. The Kier molecular flexibility index (Phi) is 3.14. The lowest BCUT2D eigenvalue weighted by Gasteiger charge is -2.08. The average Bonchev–Trinajstić information content (AvgIpc) is 2.77. The van der Waals surface area contributed by atoms with E-state index in [1.165, 1.54) is 6.07 Å². The minimum atomic E-state index is -4.09. The summed E-state index contributed by atoms with van der Waals surface area (Å²) in [4.78, 5) is 13.6. The van der Waals surface area contributed by atoms with Gasteiger partial charge in [0, 0.05) is 9.86 Å². The first kappa shape index (κ1) is 13.9. The quantitative estimate of drug-likeness (QED) is 0.723. The molecule has 0 aliphatic heterocycles. The van der Waals surface area contributed by atoms with Gasteiger partial charge in [-0.2, -0.15) is 3.97 Å². The second kappa shape index (κ2) is 4.74. The van der Waals surface area contributed by atoms with E-state index in [0.29, 0.717) is 9.36 Å². The van der Waals surface area contributed by atoms with Crippen molar-refractivity contribution in [3.63, 3.8) is 0 Å². The summed E-state index contributed by atoms with van der Waals surface area (Å²) in [6, 6.07) is 9.95. The molecule has 0 unspecified atom stereocenters. The van der Waals surface area contributed by atoms with Crippen molar-refractivity contribution < 1.29 is 13.5 Å². The van der Waals surface area contributed by atoms with Crippen molar-refractivity contribution >= 4 is 36.7 Å². The van der Waals surface area contributed by atoms with Gasteiger partial charge in [0.15, 0.2) is 0 Å². The van der Waals surface area contributed by atoms with E-state index >= 15 is 0 Å². The Labute approximate surface area is 127 Å². The lowest BCUT2D eigenvalue weighted by atomic mass is 10.1. The highest BCUT2D eigenvalue weighted by molar-refractivity contribution is 9.10. The number of hydrogen-bond donors (Lipinski definition) is 2. The van der Waals surface area contributed by atoms with Crippen LogP contribution in [0.15, 0.2) is 56.8 Å². The molecule has 1 aromatic heterocycles. The first-order valence-corrected chi connectivity index (χ1v) is 8.07. The number of rotatable bonds is 2. The molecule has 0 saturated heterocycles. The van der Waals surface area contributed by atoms with E-state index in [0.717, 1.165) is 16.1 Å². The Bertz CT molecular complexity index is 1000. The third-order valence-corrected chi connectivity index (χ3v) is 5.21. The minimum absolute atomic E-state index is 0.00593. The number of aromatic amines is 1. The van der Waals surface area contributed by atoms with Gasteiger partial charge < -0.3 is 5.11 Å². The molecule has 2 aromatic carbocycles. The number of aromatic nitrogens is 2. The van der Waals surface area contributed by atoms with Crippen LogP contribution in [-0.4, -0.2) is 22.5 Å². The molecule has 0 amide bonds. The lowest BCUT2D eigenvalue weighted by molar-refractivity contribution is 0.455. The molecule has 3 rings (SSSR count). The van der Waals surface area contributed by atoms with Crippen LogP contribution in [0.1, 0.15) is 0 Å². The van der Waals surface area contributed by atoms with Crippen LogP contribution in [0.25, 0.3) is 10.8 Å².